The van der Waals surface area contributed by atoms with E-state index in [2.05, 4.69) is 10.6 Å². The number of carbonyl (C=O) groups excluding carboxylic acids is 2. The Bertz CT molecular complexity index is 313. The van der Waals surface area contributed by atoms with Crippen molar-refractivity contribution in [3.05, 3.63) is 0 Å². The molecule has 17 heavy (non-hydrogen) atoms. The molecule has 0 heterocycles. The van der Waals surface area contributed by atoms with Crippen LogP contribution in [-0.2, 0) is 9.59 Å². The maximum Gasteiger partial charge on any atom is 0.225 e. The average Bonchev–Trinajstić information content (AvgIpc) is 2.24. The van der Waals surface area contributed by atoms with Gasteiger partial charge in [0.1, 0.15) is 6.04 Å². The van der Waals surface area contributed by atoms with Gasteiger partial charge in [0, 0.05) is 18.4 Å². The second kappa shape index (κ2) is 6.89. The van der Waals surface area contributed by atoms with Crippen molar-refractivity contribution >= 4 is 11.8 Å². The number of nitriles is 1. The van der Waals surface area contributed by atoms with Crippen LogP contribution in [-0.4, -0.2) is 24.4 Å². The third-order valence-electron chi connectivity index (χ3n) is 2.22. The first kappa shape index (κ1) is 15.4. The van der Waals surface area contributed by atoms with E-state index in [1.165, 1.54) is 0 Å². The SMILES string of the molecule is CC[C@H](C#N)NC(=O)CCNC(=O)C(C)(C)C. The van der Waals surface area contributed by atoms with Gasteiger partial charge in [-0.1, -0.05) is 27.7 Å². The molecule has 0 aliphatic rings. The maximum atomic E-state index is 11.5. The van der Waals surface area contributed by atoms with Gasteiger partial charge in [-0.3, -0.25) is 9.59 Å². The third-order valence-corrected chi connectivity index (χ3v) is 2.22. The van der Waals surface area contributed by atoms with Crippen LogP contribution in [0.4, 0.5) is 0 Å². The van der Waals surface area contributed by atoms with Crippen molar-refractivity contribution in [1.29, 1.82) is 5.26 Å². The summed E-state index contributed by atoms with van der Waals surface area (Å²) in [6.45, 7) is 7.56. The van der Waals surface area contributed by atoms with Crippen molar-refractivity contribution in [2.45, 2.75) is 46.6 Å². The molecule has 0 radical (unpaired) electrons. The Kier molecular flexibility index (Phi) is 6.26. The molecule has 0 fully saturated rings. The number of hydrogen-bond donors (Lipinski definition) is 2. The van der Waals surface area contributed by atoms with Crippen molar-refractivity contribution in [2.75, 3.05) is 6.54 Å². The highest BCUT2D eigenvalue weighted by molar-refractivity contribution is 5.82. The third kappa shape index (κ3) is 6.56. The van der Waals surface area contributed by atoms with Gasteiger partial charge in [0.2, 0.25) is 11.8 Å². The number of hydrogen-bond acceptors (Lipinski definition) is 3. The molecular formula is C12H21N3O2. The summed E-state index contributed by atoms with van der Waals surface area (Å²) in [4.78, 5) is 22.9. The summed E-state index contributed by atoms with van der Waals surface area (Å²) in [5.74, 6) is -0.301. The lowest BCUT2D eigenvalue weighted by molar-refractivity contribution is -0.128. The number of nitrogens with one attached hydrogen (secondary N) is 2. The summed E-state index contributed by atoms with van der Waals surface area (Å²) in [6, 6.07) is 1.54. The predicted molar refractivity (Wildman–Crippen MR) is 64.9 cm³/mol. The molecule has 0 aliphatic heterocycles. The molecule has 0 saturated heterocycles. The van der Waals surface area contributed by atoms with Crippen LogP contribution in [0.5, 0.6) is 0 Å². The van der Waals surface area contributed by atoms with Crippen LogP contribution in [0.1, 0.15) is 40.5 Å². The highest BCUT2D eigenvalue weighted by Gasteiger charge is 2.20. The topological polar surface area (TPSA) is 82.0 Å². The fourth-order valence-electron chi connectivity index (χ4n) is 1.05. The lowest BCUT2D eigenvalue weighted by atomic mass is 9.96. The first-order chi connectivity index (χ1) is 7.81. The van der Waals surface area contributed by atoms with E-state index in [1.54, 1.807) is 0 Å². The first-order valence-corrected chi connectivity index (χ1v) is 5.78. The van der Waals surface area contributed by atoms with E-state index in [1.807, 2.05) is 33.8 Å². The molecule has 0 unspecified atom stereocenters. The molecule has 2 N–H and O–H groups in total. The minimum absolute atomic E-state index is 0.0855. The van der Waals surface area contributed by atoms with E-state index in [0.717, 1.165) is 0 Å². The zero-order valence-corrected chi connectivity index (χ0v) is 11.0. The van der Waals surface area contributed by atoms with Crippen LogP contribution in [0.15, 0.2) is 0 Å². The summed E-state index contributed by atoms with van der Waals surface area (Å²) in [5, 5.41) is 13.9. The zero-order chi connectivity index (χ0) is 13.5. The summed E-state index contributed by atoms with van der Waals surface area (Å²) in [5.41, 5.74) is -0.449. The second-order valence-electron chi connectivity index (χ2n) is 4.91. The van der Waals surface area contributed by atoms with Gasteiger partial charge in [0.25, 0.3) is 0 Å². The van der Waals surface area contributed by atoms with Crippen molar-refractivity contribution in [1.82, 2.24) is 10.6 Å². The number of rotatable bonds is 5. The molecular weight excluding hydrogens is 218 g/mol. The fraction of sp³-hybridized carbons (Fsp3) is 0.750. The Morgan fingerprint density at radius 2 is 1.94 bits per heavy atom. The smallest absolute Gasteiger partial charge is 0.225 e. The van der Waals surface area contributed by atoms with Crippen molar-refractivity contribution < 1.29 is 9.59 Å². The largest absolute Gasteiger partial charge is 0.355 e. The Morgan fingerprint density at radius 3 is 2.35 bits per heavy atom. The molecule has 5 nitrogen and oxygen atoms in total. The fourth-order valence-corrected chi connectivity index (χ4v) is 1.05. The Balaban J connectivity index is 3.88. The van der Waals surface area contributed by atoms with Gasteiger partial charge in [-0.25, -0.2) is 0 Å². The van der Waals surface area contributed by atoms with Crippen LogP contribution in [0.3, 0.4) is 0 Å². The highest BCUT2D eigenvalue weighted by Crippen LogP contribution is 2.11. The quantitative estimate of drug-likeness (QED) is 0.749. The van der Waals surface area contributed by atoms with E-state index in [0.29, 0.717) is 13.0 Å². The highest BCUT2D eigenvalue weighted by atomic mass is 16.2. The Labute approximate surface area is 103 Å². The Hall–Kier alpha value is -1.57. The molecule has 0 aromatic rings. The number of amides is 2. The van der Waals surface area contributed by atoms with Crippen molar-refractivity contribution in [3.8, 4) is 6.07 Å². The van der Waals surface area contributed by atoms with E-state index in [9.17, 15) is 9.59 Å². The van der Waals surface area contributed by atoms with Gasteiger partial charge in [0.15, 0.2) is 0 Å². The van der Waals surface area contributed by atoms with Gasteiger partial charge in [-0.2, -0.15) is 5.26 Å². The molecule has 2 amide bonds. The van der Waals surface area contributed by atoms with Crippen LogP contribution >= 0.6 is 0 Å². The molecule has 0 aromatic heterocycles. The standard InChI is InChI=1S/C12H21N3O2/c1-5-9(8-13)15-10(16)6-7-14-11(17)12(2,3)4/h9H,5-7H2,1-4H3,(H,14,17)(H,15,16)/t9-/m1/s1. The molecule has 96 valence electrons. The van der Waals surface area contributed by atoms with Gasteiger partial charge in [-0.05, 0) is 6.42 Å². The summed E-state index contributed by atoms with van der Waals surface area (Å²) < 4.78 is 0. The molecule has 0 saturated carbocycles. The number of nitrogens with zero attached hydrogens (tertiary/aromatic N) is 1. The average molecular weight is 239 g/mol. The zero-order valence-electron chi connectivity index (χ0n) is 11.0. The van der Waals surface area contributed by atoms with Crippen molar-refractivity contribution in [3.63, 3.8) is 0 Å². The molecule has 0 aliphatic carbocycles. The Morgan fingerprint density at radius 1 is 1.35 bits per heavy atom. The number of carbonyl (C=O) groups is 2. The van der Waals surface area contributed by atoms with Crippen LogP contribution in [0.2, 0.25) is 0 Å². The second-order valence-corrected chi connectivity index (χ2v) is 4.91. The maximum absolute atomic E-state index is 11.5. The van der Waals surface area contributed by atoms with E-state index in [4.69, 9.17) is 5.26 Å². The molecule has 1 atom stereocenters. The molecule has 0 spiro atoms. The van der Waals surface area contributed by atoms with Gasteiger partial charge in [0.05, 0.1) is 6.07 Å². The van der Waals surface area contributed by atoms with Gasteiger partial charge < -0.3 is 10.6 Å². The first-order valence-electron chi connectivity index (χ1n) is 5.78. The van der Waals surface area contributed by atoms with E-state index < -0.39 is 11.5 Å². The lowest BCUT2D eigenvalue weighted by Gasteiger charge is -2.17. The van der Waals surface area contributed by atoms with Gasteiger partial charge >= 0.3 is 0 Å². The predicted octanol–water partition coefficient (Wildman–Crippen LogP) is 0.957. The molecule has 5 heteroatoms. The van der Waals surface area contributed by atoms with E-state index in [-0.39, 0.29) is 18.2 Å². The van der Waals surface area contributed by atoms with E-state index >= 15 is 0 Å². The monoisotopic (exact) mass is 239 g/mol. The lowest BCUT2D eigenvalue weighted by Crippen LogP contribution is -2.39. The summed E-state index contributed by atoms with van der Waals surface area (Å²) >= 11 is 0. The van der Waals surface area contributed by atoms with Crippen LogP contribution in [0, 0.1) is 16.7 Å². The minimum Gasteiger partial charge on any atom is -0.355 e. The summed E-state index contributed by atoms with van der Waals surface area (Å²) in [6.07, 6.45) is 0.774. The van der Waals surface area contributed by atoms with Crippen molar-refractivity contribution in [2.24, 2.45) is 5.41 Å². The molecule has 0 aromatic carbocycles. The van der Waals surface area contributed by atoms with Crippen LogP contribution < -0.4 is 10.6 Å². The molecule has 0 bridgehead atoms. The van der Waals surface area contributed by atoms with Crippen LogP contribution in [0.25, 0.3) is 0 Å². The minimum atomic E-state index is -0.449. The molecule has 0 rings (SSSR count). The normalized spacial score (nSPS) is 12.4. The van der Waals surface area contributed by atoms with Gasteiger partial charge in [-0.15, -0.1) is 0 Å². The summed E-state index contributed by atoms with van der Waals surface area (Å²) in [7, 11) is 0.